The summed E-state index contributed by atoms with van der Waals surface area (Å²) in [5.41, 5.74) is 3.81. The molecule has 0 radical (unpaired) electrons. The van der Waals surface area contributed by atoms with Gasteiger partial charge >= 0.3 is 0 Å². The fraction of sp³-hybridized carbons (Fsp3) is 0.579. The van der Waals surface area contributed by atoms with Gasteiger partial charge in [0, 0.05) is 50.1 Å². The number of carbonyl (C=O) groups is 1. The van der Waals surface area contributed by atoms with E-state index in [1.165, 1.54) is 0 Å². The number of hydrogen-bond donors (Lipinski definition) is 0. The van der Waals surface area contributed by atoms with Crippen molar-refractivity contribution in [2.75, 3.05) is 31.2 Å². The van der Waals surface area contributed by atoms with Gasteiger partial charge in [-0.1, -0.05) is 0 Å². The van der Waals surface area contributed by atoms with Gasteiger partial charge in [-0.3, -0.25) is 9.48 Å². The van der Waals surface area contributed by atoms with E-state index in [1.807, 2.05) is 25.1 Å². The Morgan fingerprint density at radius 1 is 1.22 bits per heavy atom. The van der Waals surface area contributed by atoms with Crippen molar-refractivity contribution in [1.29, 1.82) is 0 Å². The van der Waals surface area contributed by atoms with Crippen LogP contribution in [0.2, 0.25) is 0 Å². The number of fused-ring (bicyclic) bond motifs is 4. The molecule has 0 saturated carbocycles. The van der Waals surface area contributed by atoms with E-state index in [0.29, 0.717) is 5.56 Å². The zero-order valence-electron chi connectivity index (χ0n) is 15.8. The van der Waals surface area contributed by atoms with Crippen molar-refractivity contribution in [2.45, 2.75) is 38.3 Å². The predicted octanol–water partition coefficient (Wildman–Crippen LogP) is 1.26. The SMILES string of the molecule is Cc1c(C(=O)N2[C@H]3CC[C@H]2c2cnc(N4CCOCC4)nc2C3)cnn1C. The van der Waals surface area contributed by atoms with Crippen LogP contribution in [0.25, 0.3) is 0 Å². The average Bonchev–Trinajstić information content (AvgIpc) is 3.20. The van der Waals surface area contributed by atoms with Crippen LogP contribution >= 0.6 is 0 Å². The molecule has 0 N–H and O–H groups in total. The lowest BCUT2D eigenvalue weighted by atomic mass is 9.98. The van der Waals surface area contributed by atoms with Crippen LogP contribution in [0.5, 0.6) is 0 Å². The highest BCUT2D eigenvalue weighted by Crippen LogP contribution is 2.44. The Labute approximate surface area is 158 Å². The van der Waals surface area contributed by atoms with E-state index in [1.54, 1.807) is 10.9 Å². The van der Waals surface area contributed by atoms with E-state index in [-0.39, 0.29) is 18.0 Å². The number of anilines is 1. The minimum Gasteiger partial charge on any atom is -0.378 e. The molecule has 142 valence electrons. The number of rotatable bonds is 2. The molecule has 2 aromatic heterocycles. The van der Waals surface area contributed by atoms with E-state index in [2.05, 4.69) is 15.0 Å². The van der Waals surface area contributed by atoms with E-state index < -0.39 is 0 Å². The lowest BCUT2D eigenvalue weighted by Gasteiger charge is -2.36. The minimum absolute atomic E-state index is 0.0737. The fourth-order valence-electron chi connectivity index (χ4n) is 4.54. The standard InChI is InChI=1S/C19H24N6O2/c1-12-14(11-21-23(12)2)18(26)25-13-3-4-17(25)15-10-20-19(22-16(15)9-13)24-5-7-27-8-6-24/h10-11,13,17H,3-9H2,1-2H3/t13-,17-/m0/s1. The second-order valence-corrected chi connectivity index (χ2v) is 7.60. The zero-order valence-corrected chi connectivity index (χ0v) is 15.8. The number of hydrogen-bond acceptors (Lipinski definition) is 6. The number of aryl methyl sites for hydroxylation is 1. The molecule has 2 aromatic rings. The molecular formula is C19H24N6O2. The third kappa shape index (κ3) is 2.62. The second-order valence-electron chi connectivity index (χ2n) is 7.60. The van der Waals surface area contributed by atoms with Crippen LogP contribution < -0.4 is 4.90 Å². The smallest absolute Gasteiger partial charge is 0.258 e. The summed E-state index contributed by atoms with van der Waals surface area (Å²) in [5.74, 6) is 0.871. The number of carbonyl (C=O) groups excluding carboxylic acids is 1. The first-order chi connectivity index (χ1) is 13.1. The molecule has 2 fully saturated rings. The quantitative estimate of drug-likeness (QED) is 0.794. The lowest BCUT2D eigenvalue weighted by molar-refractivity contribution is 0.0643. The summed E-state index contributed by atoms with van der Waals surface area (Å²) < 4.78 is 7.18. The van der Waals surface area contributed by atoms with Crippen molar-refractivity contribution < 1.29 is 9.53 Å². The van der Waals surface area contributed by atoms with Crippen molar-refractivity contribution in [3.05, 3.63) is 34.9 Å². The second kappa shape index (κ2) is 6.30. The molecule has 3 aliphatic heterocycles. The monoisotopic (exact) mass is 368 g/mol. The van der Waals surface area contributed by atoms with E-state index in [9.17, 15) is 4.79 Å². The predicted molar refractivity (Wildman–Crippen MR) is 98.6 cm³/mol. The molecule has 5 rings (SSSR count). The van der Waals surface area contributed by atoms with Crippen LogP contribution in [0.3, 0.4) is 0 Å². The number of amides is 1. The summed E-state index contributed by atoms with van der Waals surface area (Å²) in [7, 11) is 1.87. The highest BCUT2D eigenvalue weighted by atomic mass is 16.5. The highest BCUT2D eigenvalue weighted by molar-refractivity contribution is 5.96. The van der Waals surface area contributed by atoms with Crippen molar-refractivity contribution in [1.82, 2.24) is 24.6 Å². The van der Waals surface area contributed by atoms with Crippen LogP contribution in [0.15, 0.2) is 12.4 Å². The van der Waals surface area contributed by atoms with Gasteiger partial charge in [-0.15, -0.1) is 0 Å². The Morgan fingerprint density at radius 2 is 2.04 bits per heavy atom. The molecule has 2 bridgehead atoms. The Bertz CT molecular complexity index is 888. The molecule has 0 aliphatic carbocycles. The molecule has 2 atom stereocenters. The maximum atomic E-state index is 13.2. The molecular weight excluding hydrogens is 344 g/mol. The molecule has 0 spiro atoms. The topological polar surface area (TPSA) is 76.4 Å². The molecule has 1 amide bonds. The third-order valence-electron chi connectivity index (χ3n) is 6.17. The summed E-state index contributed by atoms with van der Waals surface area (Å²) in [5, 5.41) is 4.24. The molecule has 27 heavy (non-hydrogen) atoms. The van der Waals surface area contributed by atoms with E-state index in [4.69, 9.17) is 9.72 Å². The first-order valence-electron chi connectivity index (χ1n) is 9.63. The molecule has 0 unspecified atom stereocenters. The number of aromatic nitrogens is 4. The van der Waals surface area contributed by atoms with Gasteiger partial charge in [0.15, 0.2) is 0 Å². The fourth-order valence-corrected chi connectivity index (χ4v) is 4.54. The van der Waals surface area contributed by atoms with Gasteiger partial charge in [-0.05, 0) is 19.8 Å². The van der Waals surface area contributed by atoms with E-state index in [0.717, 1.165) is 68.5 Å². The van der Waals surface area contributed by atoms with Gasteiger partial charge in [0.2, 0.25) is 5.95 Å². The van der Waals surface area contributed by atoms with Gasteiger partial charge in [-0.25, -0.2) is 9.97 Å². The van der Waals surface area contributed by atoms with Gasteiger partial charge < -0.3 is 14.5 Å². The largest absolute Gasteiger partial charge is 0.378 e. The van der Waals surface area contributed by atoms with Crippen molar-refractivity contribution in [2.24, 2.45) is 7.05 Å². The number of ether oxygens (including phenoxy) is 1. The van der Waals surface area contributed by atoms with Crippen LogP contribution in [0.4, 0.5) is 5.95 Å². The van der Waals surface area contributed by atoms with E-state index >= 15 is 0 Å². The van der Waals surface area contributed by atoms with Gasteiger partial charge in [0.25, 0.3) is 5.91 Å². The Kier molecular flexibility index (Phi) is 3.89. The first kappa shape index (κ1) is 16.7. The Balaban J connectivity index is 1.45. The van der Waals surface area contributed by atoms with Crippen LogP contribution in [-0.2, 0) is 18.2 Å². The zero-order chi connectivity index (χ0) is 18.5. The molecule has 2 saturated heterocycles. The summed E-state index contributed by atoms with van der Waals surface area (Å²) >= 11 is 0. The number of nitrogens with zero attached hydrogens (tertiary/aromatic N) is 6. The molecule has 0 aromatic carbocycles. The molecule has 8 nitrogen and oxygen atoms in total. The average molecular weight is 368 g/mol. The van der Waals surface area contributed by atoms with Gasteiger partial charge in [-0.2, -0.15) is 5.10 Å². The van der Waals surface area contributed by atoms with Crippen LogP contribution in [-0.4, -0.2) is 62.9 Å². The molecule has 8 heteroatoms. The molecule has 3 aliphatic rings. The lowest BCUT2D eigenvalue weighted by Crippen LogP contribution is -2.43. The normalized spacial score (nSPS) is 24.2. The van der Waals surface area contributed by atoms with Gasteiger partial charge in [0.05, 0.1) is 36.7 Å². The Morgan fingerprint density at radius 3 is 2.78 bits per heavy atom. The number of morpholine rings is 1. The van der Waals surface area contributed by atoms with Crippen LogP contribution in [0, 0.1) is 6.92 Å². The van der Waals surface area contributed by atoms with Crippen LogP contribution in [0.1, 0.15) is 46.2 Å². The highest BCUT2D eigenvalue weighted by Gasteiger charge is 2.44. The van der Waals surface area contributed by atoms with Gasteiger partial charge in [0.1, 0.15) is 0 Å². The summed E-state index contributed by atoms with van der Waals surface area (Å²) in [6, 6.07) is 0.284. The molecule has 5 heterocycles. The minimum atomic E-state index is 0.0737. The Hall–Kier alpha value is -2.48. The third-order valence-corrected chi connectivity index (χ3v) is 6.17. The first-order valence-corrected chi connectivity index (χ1v) is 9.63. The van der Waals surface area contributed by atoms with Crippen molar-refractivity contribution in [3.8, 4) is 0 Å². The maximum Gasteiger partial charge on any atom is 0.258 e. The maximum absolute atomic E-state index is 13.2. The van der Waals surface area contributed by atoms with Crippen molar-refractivity contribution in [3.63, 3.8) is 0 Å². The van der Waals surface area contributed by atoms with Crippen molar-refractivity contribution >= 4 is 11.9 Å². The summed E-state index contributed by atoms with van der Waals surface area (Å²) in [6.07, 6.45) is 6.42. The summed E-state index contributed by atoms with van der Waals surface area (Å²) in [6.45, 7) is 5.04. The summed E-state index contributed by atoms with van der Waals surface area (Å²) in [4.78, 5) is 27.0.